The van der Waals surface area contributed by atoms with Crippen LogP contribution in [0.4, 0.5) is 5.69 Å². The molecular weight excluding hydrogens is 416 g/mol. The zero-order valence-electron chi connectivity index (χ0n) is 13.4. The maximum atomic E-state index is 12.8. The predicted molar refractivity (Wildman–Crippen MR) is 109 cm³/mol. The smallest absolute Gasteiger partial charge is 0.256 e. The van der Waals surface area contributed by atoms with E-state index in [1.165, 1.54) is 11.8 Å². The number of rotatable bonds is 5. The van der Waals surface area contributed by atoms with E-state index in [1.807, 2.05) is 66.9 Å². The fourth-order valence-electron chi connectivity index (χ4n) is 2.22. The molecule has 0 saturated heterocycles. The molecule has 3 nitrogen and oxygen atoms in total. The molecule has 0 radical (unpaired) electrons. The van der Waals surface area contributed by atoms with Gasteiger partial charge in [0, 0.05) is 20.5 Å². The molecule has 126 valence electrons. The first kappa shape index (κ1) is 18.0. The number of halogens is 1. The van der Waals surface area contributed by atoms with Crippen LogP contribution in [0.5, 0.6) is 0 Å². The number of amides is 1. The van der Waals surface area contributed by atoms with Crippen LogP contribution in [0, 0.1) is 0 Å². The quantitative estimate of drug-likeness (QED) is 0.506. The Bertz CT molecular complexity index is 885. The lowest BCUT2D eigenvalue weighted by atomic mass is 10.2. The second kappa shape index (κ2) is 8.56. The van der Waals surface area contributed by atoms with Gasteiger partial charge in [-0.2, -0.15) is 0 Å². The number of hydrogen-bond acceptors (Lipinski definition) is 4. The number of para-hydroxylation sites is 1. The summed E-state index contributed by atoms with van der Waals surface area (Å²) in [4.78, 5) is 19.1. The van der Waals surface area contributed by atoms with E-state index in [1.54, 1.807) is 18.0 Å². The van der Waals surface area contributed by atoms with Crippen molar-refractivity contribution in [3.05, 3.63) is 76.9 Å². The summed E-state index contributed by atoms with van der Waals surface area (Å²) >= 11 is 6.46. The van der Waals surface area contributed by atoms with E-state index >= 15 is 0 Å². The van der Waals surface area contributed by atoms with E-state index in [2.05, 4.69) is 26.2 Å². The number of anilines is 1. The van der Waals surface area contributed by atoms with Crippen molar-refractivity contribution in [1.82, 2.24) is 4.98 Å². The second-order valence-corrected chi connectivity index (χ2v) is 7.89. The van der Waals surface area contributed by atoms with Crippen LogP contribution in [0.1, 0.15) is 10.4 Å². The van der Waals surface area contributed by atoms with Crippen molar-refractivity contribution in [3.8, 4) is 0 Å². The molecule has 0 aliphatic carbocycles. The SMILES string of the molecule is CSc1ccccc1NC(=O)c1ccccc1Sc1ccc(Br)cn1. The largest absolute Gasteiger partial charge is 0.321 e. The molecule has 25 heavy (non-hydrogen) atoms. The molecule has 2 aromatic carbocycles. The first-order valence-electron chi connectivity index (χ1n) is 7.50. The minimum atomic E-state index is -0.123. The molecule has 0 fully saturated rings. The average molecular weight is 431 g/mol. The van der Waals surface area contributed by atoms with E-state index in [-0.39, 0.29) is 5.91 Å². The van der Waals surface area contributed by atoms with Gasteiger partial charge in [-0.15, -0.1) is 11.8 Å². The Kier molecular flexibility index (Phi) is 6.18. The molecule has 0 bridgehead atoms. The molecule has 1 heterocycles. The Balaban J connectivity index is 1.84. The Morgan fingerprint density at radius 1 is 1.00 bits per heavy atom. The monoisotopic (exact) mass is 430 g/mol. The van der Waals surface area contributed by atoms with Crippen LogP contribution in [0.15, 0.2) is 86.2 Å². The number of nitrogens with zero attached hydrogens (tertiary/aromatic N) is 1. The lowest BCUT2D eigenvalue weighted by Crippen LogP contribution is -2.13. The van der Waals surface area contributed by atoms with Crippen molar-refractivity contribution in [3.63, 3.8) is 0 Å². The fraction of sp³-hybridized carbons (Fsp3) is 0.0526. The summed E-state index contributed by atoms with van der Waals surface area (Å²) in [5.41, 5.74) is 1.45. The first-order valence-corrected chi connectivity index (χ1v) is 10.3. The lowest BCUT2D eigenvalue weighted by molar-refractivity contribution is 0.102. The maximum absolute atomic E-state index is 12.8. The van der Waals surface area contributed by atoms with Crippen LogP contribution < -0.4 is 5.32 Å². The summed E-state index contributed by atoms with van der Waals surface area (Å²) in [7, 11) is 0. The van der Waals surface area contributed by atoms with Gasteiger partial charge in [-0.25, -0.2) is 4.98 Å². The van der Waals surface area contributed by atoms with E-state index in [9.17, 15) is 4.79 Å². The highest BCUT2D eigenvalue weighted by molar-refractivity contribution is 9.10. The van der Waals surface area contributed by atoms with Crippen LogP contribution in [-0.4, -0.2) is 17.1 Å². The van der Waals surface area contributed by atoms with Gasteiger partial charge in [0.1, 0.15) is 5.03 Å². The molecule has 0 atom stereocenters. The summed E-state index contributed by atoms with van der Waals surface area (Å²) < 4.78 is 0.927. The van der Waals surface area contributed by atoms with Gasteiger partial charge in [-0.3, -0.25) is 4.79 Å². The predicted octanol–water partition coefficient (Wildman–Crippen LogP) is 5.97. The molecule has 0 aliphatic heterocycles. The molecule has 1 N–H and O–H groups in total. The van der Waals surface area contributed by atoms with Crippen molar-refractivity contribution >= 4 is 51.0 Å². The minimum Gasteiger partial charge on any atom is -0.321 e. The van der Waals surface area contributed by atoms with Crippen LogP contribution in [-0.2, 0) is 0 Å². The Labute approximate surface area is 163 Å². The Morgan fingerprint density at radius 3 is 2.44 bits per heavy atom. The van der Waals surface area contributed by atoms with Crippen molar-refractivity contribution in [2.45, 2.75) is 14.8 Å². The van der Waals surface area contributed by atoms with E-state index in [4.69, 9.17) is 0 Å². The van der Waals surface area contributed by atoms with Gasteiger partial charge < -0.3 is 5.32 Å². The molecule has 1 aromatic heterocycles. The molecule has 1 amide bonds. The minimum absolute atomic E-state index is 0.123. The van der Waals surface area contributed by atoms with Gasteiger partial charge >= 0.3 is 0 Å². The van der Waals surface area contributed by atoms with Crippen LogP contribution in [0.3, 0.4) is 0 Å². The summed E-state index contributed by atoms with van der Waals surface area (Å²) in [6.07, 6.45) is 3.74. The normalized spacial score (nSPS) is 10.5. The van der Waals surface area contributed by atoms with Crippen molar-refractivity contribution in [2.24, 2.45) is 0 Å². The van der Waals surface area contributed by atoms with Gasteiger partial charge in [0.25, 0.3) is 5.91 Å². The number of carbonyl (C=O) groups is 1. The summed E-state index contributed by atoms with van der Waals surface area (Å²) in [5.74, 6) is -0.123. The third-order valence-corrected chi connectivity index (χ3v) is 5.69. The van der Waals surface area contributed by atoms with Gasteiger partial charge in [0.05, 0.1) is 11.3 Å². The van der Waals surface area contributed by atoms with Gasteiger partial charge in [0.15, 0.2) is 0 Å². The number of pyridine rings is 1. The molecular formula is C19H15BrN2OS2. The maximum Gasteiger partial charge on any atom is 0.256 e. The Morgan fingerprint density at radius 2 is 1.72 bits per heavy atom. The van der Waals surface area contributed by atoms with Crippen LogP contribution >= 0.6 is 39.5 Å². The summed E-state index contributed by atoms with van der Waals surface area (Å²) in [5, 5.41) is 3.85. The molecule has 3 rings (SSSR count). The van der Waals surface area contributed by atoms with Crippen LogP contribution in [0.2, 0.25) is 0 Å². The number of benzene rings is 2. The first-order chi connectivity index (χ1) is 12.2. The highest BCUT2D eigenvalue weighted by Gasteiger charge is 2.14. The van der Waals surface area contributed by atoms with Gasteiger partial charge in [0.2, 0.25) is 0 Å². The highest BCUT2D eigenvalue weighted by atomic mass is 79.9. The highest BCUT2D eigenvalue weighted by Crippen LogP contribution is 2.31. The Hall–Kier alpha value is -1.76. The fourth-order valence-corrected chi connectivity index (χ4v) is 3.89. The van der Waals surface area contributed by atoms with Gasteiger partial charge in [-0.1, -0.05) is 36.0 Å². The zero-order valence-corrected chi connectivity index (χ0v) is 16.6. The van der Waals surface area contributed by atoms with Crippen LogP contribution in [0.25, 0.3) is 0 Å². The third-order valence-electron chi connectivity index (χ3n) is 3.40. The number of carbonyl (C=O) groups excluding carboxylic acids is 1. The van der Waals surface area contributed by atoms with Crippen molar-refractivity contribution in [1.29, 1.82) is 0 Å². The topological polar surface area (TPSA) is 42.0 Å². The van der Waals surface area contributed by atoms with Crippen molar-refractivity contribution in [2.75, 3.05) is 11.6 Å². The average Bonchev–Trinajstić information content (AvgIpc) is 2.64. The molecule has 0 aliphatic rings. The summed E-state index contributed by atoms with van der Waals surface area (Å²) in [6, 6.07) is 19.2. The number of hydrogen-bond donors (Lipinski definition) is 1. The van der Waals surface area contributed by atoms with Crippen molar-refractivity contribution < 1.29 is 4.79 Å². The zero-order chi connectivity index (χ0) is 17.6. The van der Waals surface area contributed by atoms with E-state index in [0.717, 1.165) is 25.0 Å². The molecule has 0 spiro atoms. The molecule has 0 unspecified atom stereocenters. The number of aromatic nitrogens is 1. The number of thioether (sulfide) groups is 1. The van der Waals surface area contributed by atoms with E-state index < -0.39 is 0 Å². The third kappa shape index (κ3) is 4.66. The molecule has 0 saturated carbocycles. The molecule has 6 heteroatoms. The number of nitrogens with one attached hydrogen (secondary N) is 1. The van der Waals surface area contributed by atoms with Gasteiger partial charge in [-0.05, 0) is 58.6 Å². The van der Waals surface area contributed by atoms with E-state index in [0.29, 0.717) is 5.56 Å². The lowest BCUT2D eigenvalue weighted by Gasteiger charge is -2.12. The molecule has 3 aromatic rings. The second-order valence-electron chi connectivity index (χ2n) is 5.07. The summed E-state index contributed by atoms with van der Waals surface area (Å²) in [6.45, 7) is 0. The standard InChI is InChI=1S/C19H15BrN2OS2/c1-24-17-9-5-3-7-15(17)22-19(23)14-6-2-4-8-16(14)25-18-11-10-13(20)12-21-18/h2-12H,1H3,(H,22,23).